The van der Waals surface area contributed by atoms with Crippen molar-refractivity contribution in [1.82, 2.24) is 9.88 Å². The molecule has 1 aromatic heterocycles. The molecule has 4 aromatic rings. The second-order valence-corrected chi connectivity index (χ2v) is 11.3. The monoisotopic (exact) mass is 659 g/mol. The Morgan fingerprint density at radius 3 is 2.28 bits per heavy atom. The lowest BCUT2D eigenvalue weighted by Gasteiger charge is -2.30. The Morgan fingerprint density at radius 2 is 1.65 bits per heavy atom. The van der Waals surface area contributed by atoms with E-state index in [9.17, 15) is 31.5 Å². The predicted octanol–water partition coefficient (Wildman–Crippen LogP) is 9.83. The lowest BCUT2D eigenvalue weighted by atomic mass is 10.1. The number of pyridine rings is 1. The number of nitrogens with one attached hydrogen (secondary N) is 1. The van der Waals surface area contributed by atoms with E-state index in [1.165, 1.54) is 41.7 Å². The molecule has 1 unspecified atom stereocenters. The number of rotatable bonds is 9. The summed E-state index contributed by atoms with van der Waals surface area (Å²) in [5.74, 6) is -1.85. The number of nitrogens with zero attached hydrogens (tertiary/aromatic N) is 2. The molecule has 12 heteroatoms. The van der Waals surface area contributed by atoms with Crippen molar-refractivity contribution in [3.8, 4) is 11.6 Å². The maximum absolute atomic E-state index is 13.7. The lowest BCUT2D eigenvalue weighted by Crippen LogP contribution is -2.39. The van der Waals surface area contributed by atoms with Gasteiger partial charge >= 0.3 is 6.18 Å². The number of hydrogen-bond donors (Lipinski definition) is 1. The van der Waals surface area contributed by atoms with Crippen LogP contribution in [-0.2, 0) is 11.9 Å². The number of anilines is 1. The summed E-state index contributed by atoms with van der Waals surface area (Å²) in [6, 6.07) is 19.8. The number of carbonyl (C=O) groups excluding carboxylic acids is 2. The van der Waals surface area contributed by atoms with Gasteiger partial charge in [-0.3, -0.25) is 9.59 Å². The SMILES string of the molecule is CCN(C(=O)SCc1ccccc1)C(C)C(C)C.O=C(Nc1ccc(F)cc1F)c1cccnc1Oc1cccc(C(F)(F)F)c1. The van der Waals surface area contributed by atoms with Crippen LogP contribution in [0.4, 0.5) is 32.4 Å². The van der Waals surface area contributed by atoms with E-state index in [1.54, 1.807) is 0 Å². The zero-order valence-corrected chi connectivity index (χ0v) is 26.5. The Balaban J connectivity index is 0.000000277. The van der Waals surface area contributed by atoms with Crippen molar-refractivity contribution < 1.29 is 36.3 Å². The van der Waals surface area contributed by atoms with Gasteiger partial charge in [-0.25, -0.2) is 13.8 Å². The van der Waals surface area contributed by atoms with Crippen molar-refractivity contribution in [2.75, 3.05) is 11.9 Å². The maximum atomic E-state index is 13.7. The molecule has 6 nitrogen and oxygen atoms in total. The van der Waals surface area contributed by atoms with Crippen LogP contribution in [0.5, 0.6) is 11.6 Å². The van der Waals surface area contributed by atoms with Crippen molar-refractivity contribution in [2.45, 2.75) is 45.7 Å². The highest BCUT2D eigenvalue weighted by atomic mass is 32.2. The van der Waals surface area contributed by atoms with Gasteiger partial charge in [-0.05, 0) is 67.8 Å². The summed E-state index contributed by atoms with van der Waals surface area (Å²) in [5.41, 5.74) is -0.159. The minimum Gasteiger partial charge on any atom is -0.438 e. The van der Waals surface area contributed by atoms with Crippen molar-refractivity contribution in [3.05, 3.63) is 119 Å². The number of thioether (sulfide) groups is 1. The van der Waals surface area contributed by atoms with Gasteiger partial charge in [-0.1, -0.05) is 62.0 Å². The van der Waals surface area contributed by atoms with Crippen molar-refractivity contribution in [1.29, 1.82) is 0 Å². The van der Waals surface area contributed by atoms with Gasteiger partial charge in [0.15, 0.2) is 0 Å². The highest BCUT2D eigenvalue weighted by Gasteiger charge is 2.31. The van der Waals surface area contributed by atoms with Crippen LogP contribution in [0.2, 0.25) is 0 Å². The molecule has 0 aliphatic heterocycles. The minimum absolute atomic E-state index is 0.149. The van der Waals surface area contributed by atoms with Gasteiger partial charge in [0, 0.05) is 30.6 Å². The summed E-state index contributed by atoms with van der Waals surface area (Å²) in [7, 11) is 0. The lowest BCUT2D eigenvalue weighted by molar-refractivity contribution is -0.137. The fraction of sp³-hybridized carbons (Fsp3) is 0.265. The molecule has 3 aromatic carbocycles. The van der Waals surface area contributed by atoms with Gasteiger partial charge in [0.2, 0.25) is 5.88 Å². The van der Waals surface area contributed by atoms with Crippen LogP contribution in [0.25, 0.3) is 0 Å². The molecule has 244 valence electrons. The summed E-state index contributed by atoms with van der Waals surface area (Å²) < 4.78 is 70.5. The summed E-state index contributed by atoms with van der Waals surface area (Å²) in [6.45, 7) is 9.25. The third-order valence-corrected chi connectivity index (χ3v) is 7.77. The molecule has 1 atom stereocenters. The fourth-order valence-electron chi connectivity index (χ4n) is 4.02. The topological polar surface area (TPSA) is 71.5 Å². The largest absolute Gasteiger partial charge is 0.438 e. The van der Waals surface area contributed by atoms with Gasteiger partial charge in [0.1, 0.15) is 22.9 Å². The zero-order chi connectivity index (χ0) is 33.9. The van der Waals surface area contributed by atoms with Crippen LogP contribution >= 0.6 is 11.8 Å². The summed E-state index contributed by atoms with van der Waals surface area (Å²) in [5, 5.41) is 2.42. The molecular formula is C34H34F5N3O3S. The van der Waals surface area contributed by atoms with Crippen LogP contribution in [0.3, 0.4) is 0 Å². The molecule has 0 bridgehead atoms. The molecule has 0 spiro atoms. The van der Waals surface area contributed by atoms with E-state index in [0.29, 0.717) is 18.0 Å². The number of carbonyl (C=O) groups is 2. The van der Waals surface area contributed by atoms with Crippen molar-refractivity contribution >= 4 is 28.6 Å². The average molecular weight is 660 g/mol. The maximum Gasteiger partial charge on any atom is 0.416 e. The number of ether oxygens (including phenoxy) is 1. The molecular weight excluding hydrogens is 625 g/mol. The number of hydrogen-bond acceptors (Lipinski definition) is 5. The predicted molar refractivity (Wildman–Crippen MR) is 170 cm³/mol. The van der Waals surface area contributed by atoms with Crippen molar-refractivity contribution in [3.63, 3.8) is 0 Å². The van der Waals surface area contributed by atoms with Gasteiger partial charge in [0.25, 0.3) is 11.1 Å². The van der Waals surface area contributed by atoms with Gasteiger partial charge in [-0.2, -0.15) is 13.2 Å². The first-order chi connectivity index (χ1) is 21.8. The van der Waals surface area contributed by atoms with Crippen LogP contribution in [0, 0.1) is 17.6 Å². The molecule has 46 heavy (non-hydrogen) atoms. The first-order valence-electron chi connectivity index (χ1n) is 14.3. The van der Waals surface area contributed by atoms with E-state index in [1.807, 2.05) is 30.0 Å². The Morgan fingerprint density at radius 1 is 0.935 bits per heavy atom. The second kappa shape index (κ2) is 16.7. The molecule has 1 N–H and O–H groups in total. The molecule has 0 radical (unpaired) electrons. The average Bonchev–Trinajstić information content (AvgIpc) is 3.02. The third-order valence-electron chi connectivity index (χ3n) is 6.81. The van der Waals surface area contributed by atoms with E-state index in [2.05, 4.69) is 43.2 Å². The van der Waals surface area contributed by atoms with Crippen LogP contribution in [0.15, 0.2) is 91.1 Å². The number of aromatic nitrogens is 1. The molecule has 0 aliphatic rings. The van der Waals surface area contributed by atoms with E-state index >= 15 is 0 Å². The van der Waals surface area contributed by atoms with Crippen LogP contribution in [0.1, 0.15) is 49.2 Å². The number of amides is 2. The van der Waals surface area contributed by atoms with Crippen molar-refractivity contribution in [2.24, 2.45) is 5.92 Å². The van der Waals surface area contributed by atoms with Crippen LogP contribution < -0.4 is 10.1 Å². The van der Waals surface area contributed by atoms with E-state index in [0.717, 1.165) is 42.6 Å². The Kier molecular flexibility index (Phi) is 13.1. The highest BCUT2D eigenvalue weighted by Crippen LogP contribution is 2.33. The zero-order valence-electron chi connectivity index (χ0n) is 25.6. The number of benzene rings is 3. The molecule has 0 saturated carbocycles. The smallest absolute Gasteiger partial charge is 0.416 e. The molecule has 2 amide bonds. The summed E-state index contributed by atoms with van der Waals surface area (Å²) in [4.78, 5) is 30.4. The number of alkyl halides is 3. The standard InChI is InChI=1S/C19H11F5N2O2.C15H23NOS/c20-12-6-7-16(15(21)10-12)26-17(27)14-5-2-8-25-18(14)28-13-4-1-3-11(9-13)19(22,23)24;1-5-16(13(4)12(2)3)15(17)18-11-14-9-7-6-8-10-14/h1-10H,(H,26,27);6-10,12-13H,5,11H2,1-4H3. The van der Waals surface area contributed by atoms with E-state index in [-0.39, 0.29) is 28.1 Å². The molecule has 0 aliphatic carbocycles. The molecule has 4 rings (SSSR count). The third kappa shape index (κ3) is 10.6. The highest BCUT2D eigenvalue weighted by molar-refractivity contribution is 8.12. The molecule has 0 saturated heterocycles. The van der Waals surface area contributed by atoms with E-state index in [4.69, 9.17) is 4.74 Å². The minimum atomic E-state index is -4.57. The first kappa shape index (κ1) is 36.0. The van der Waals surface area contributed by atoms with E-state index < -0.39 is 29.3 Å². The molecule has 1 heterocycles. The summed E-state index contributed by atoms with van der Waals surface area (Å²) in [6.07, 6.45) is -3.29. The van der Waals surface area contributed by atoms with Crippen LogP contribution in [-0.4, -0.2) is 33.6 Å². The Hall–Kier alpha value is -4.45. The fourth-order valence-corrected chi connectivity index (χ4v) is 4.96. The first-order valence-corrected chi connectivity index (χ1v) is 15.3. The Bertz CT molecular complexity index is 1600. The normalized spacial score (nSPS) is 11.7. The molecule has 0 fully saturated rings. The summed E-state index contributed by atoms with van der Waals surface area (Å²) >= 11 is 1.39. The Labute approximate surface area is 269 Å². The quantitative estimate of drug-likeness (QED) is 0.181. The van der Waals surface area contributed by atoms with Gasteiger partial charge < -0.3 is 15.0 Å². The number of halogens is 5. The van der Waals surface area contributed by atoms with Gasteiger partial charge in [-0.15, -0.1) is 0 Å². The second-order valence-electron chi connectivity index (χ2n) is 10.4. The van der Waals surface area contributed by atoms with Gasteiger partial charge in [0.05, 0.1) is 11.3 Å².